The highest BCUT2D eigenvalue weighted by Gasteiger charge is 2.26. The van der Waals surface area contributed by atoms with Crippen LogP contribution in [0.4, 0.5) is 0 Å². The van der Waals surface area contributed by atoms with Crippen molar-refractivity contribution in [2.75, 3.05) is 27.2 Å². The first kappa shape index (κ1) is 24.2. The summed E-state index contributed by atoms with van der Waals surface area (Å²) in [6, 6.07) is 17.0. The van der Waals surface area contributed by atoms with E-state index < -0.39 is 11.9 Å². The van der Waals surface area contributed by atoms with Crippen LogP contribution in [-0.4, -0.2) is 58.8 Å². The molecule has 0 amide bonds. The van der Waals surface area contributed by atoms with Gasteiger partial charge in [-0.05, 0) is 38.4 Å². The summed E-state index contributed by atoms with van der Waals surface area (Å²) in [7, 11) is 4.08. The normalized spacial score (nSPS) is 14.9. The van der Waals surface area contributed by atoms with Gasteiger partial charge < -0.3 is 19.1 Å². The maximum atomic E-state index is 12.3. The van der Waals surface area contributed by atoms with Crippen LogP contribution >= 0.6 is 0 Å². The number of ether oxygens (including phenoxy) is 3. The first-order chi connectivity index (χ1) is 17.9. The third-order valence-electron chi connectivity index (χ3n) is 5.72. The number of benzene rings is 2. The monoisotopic (exact) mass is 498 g/mol. The van der Waals surface area contributed by atoms with E-state index in [2.05, 4.69) is 16.8 Å². The first-order valence-electron chi connectivity index (χ1n) is 11.9. The van der Waals surface area contributed by atoms with Gasteiger partial charge in [-0.2, -0.15) is 5.10 Å². The van der Waals surface area contributed by atoms with E-state index in [4.69, 9.17) is 19.3 Å². The highest BCUT2D eigenvalue weighted by molar-refractivity contribution is 6.03. The molecular weight excluding hydrogens is 472 g/mol. The molecule has 2 aromatic heterocycles. The topological polar surface area (TPSA) is 95.8 Å². The molecule has 1 aliphatic heterocycles. The third kappa shape index (κ3) is 5.22. The van der Waals surface area contributed by atoms with E-state index in [-0.39, 0.29) is 11.5 Å². The summed E-state index contributed by atoms with van der Waals surface area (Å²) in [5.74, 6) is -0.117. The van der Waals surface area contributed by atoms with Crippen LogP contribution < -0.4 is 14.2 Å². The largest absolute Gasteiger partial charge is 0.493 e. The molecule has 188 valence electrons. The van der Waals surface area contributed by atoms with Gasteiger partial charge in [0.05, 0.1) is 23.9 Å². The number of esters is 2. The van der Waals surface area contributed by atoms with Gasteiger partial charge in [0, 0.05) is 30.2 Å². The van der Waals surface area contributed by atoms with E-state index >= 15 is 0 Å². The molecule has 37 heavy (non-hydrogen) atoms. The van der Waals surface area contributed by atoms with Gasteiger partial charge in [0.25, 0.3) is 0 Å². The summed E-state index contributed by atoms with van der Waals surface area (Å²) in [6.45, 7) is 3.68. The van der Waals surface area contributed by atoms with Crippen molar-refractivity contribution in [3.63, 3.8) is 0 Å². The van der Waals surface area contributed by atoms with Gasteiger partial charge in [-0.3, -0.25) is 0 Å². The van der Waals surface area contributed by atoms with Crippen molar-refractivity contribution in [2.24, 2.45) is 5.92 Å². The number of hydrogen-bond acceptors (Lipinski definition) is 8. The molecule has 3 heterocycles. The molecule has 1 aliphatic rings. The fourth-order valence-electron chi connectivity index (χ4n) is 4.20. The van der Waals surface area contributed by atoms with Crippen molar-refractivity contribution in [3.8, 4) is 34.2 Å². The summed E-state index contributed by atoms with van der Waals surface area (Å²) >= 11 is 0. The van der Waals surface area contributed by atoms with E-state index in [1.54, 1.807) is 4.68 Å². The fraction of sp³-hybridized carbons (Fsp3) is 0.214. The van der Waals surface area contributed by atoms with Crippen molar-refractivity contribution in [3.05, 3.63) is 72.9 Å². The average Bonchev–Trinajstić information content (AvgIpc) is 3.27. The molecule has 0 radical (unpaired) electrons. The smallest absolute Gasteiger partial charge is 0.336 e. The summed E-state index contributed by atoms with van der Waals surface area (Å²) < 4.78 is 18.6. The highest BCUT2D eigenvalue weighted by Crippen LogP contribution is 2.41. The Kier molecular flexibility index (Phi) is 6.70. The number of rotatable bonds is 7. The summed E-state index contributed by atoms with van der Waals surface area (Å²) in [4.78, 5) is 31.1. The van der Waals surface area contributed by atoms with Crippen molar-refractivity contribution in [1.29, 1.82) is 0 Å². The Bertz CT molecular complexity index is 1480. The number of pyridine rings is 1. The maximum absolute atomic E-state index is 12.3. The molecule has 0 spiro atoms. The predicted octanol–water partition coefficient (Wildman–Crippen LogP) is 4.04. The second-order valence-electron chi connectivity index (χ2n) is 9.12. The lowest BCUT2D eigenvalue weighted by Gasteiger charge is -2.17. The van der Waals surface area contributed by atoms with Crippen LogP contribution in [0.5, 0.6) is 17.2 Å². The molecule has 5 rings (SSSR count). The van der Waals surface area contributed by atoms with Crippen LogP contribution in [0, 0.1) is 5.92 Å². The molecule has 0 saturated heterocycles. The minimum absolute atomic E-state index is 0.0440. The Morgan fingerprint density at radius 3 is 2.38 bits per heavy atom. The van der Waals surface area contributed by atoms with E-state index in [1.165, 1.54) is 6.20 Å². The van der Waals surface area contributed by atoms with Crippen LogP contribution in [0.15, 0.2) is 72.9 Å². The van der Waals surface area contributed by atoms with Crippen LogP contribution in [0.1, 0.15) is 6.92 Å². The number of hydrogen-bond donors (Lipinski definition) is 0. The lowest BCUT2D eigenvalue weighted by atomic mass is 10.1. The maximum Gasteiger partial charge on any atom is 0.336 e. The van der Waals surface area contributed by atoms with Crippen LogP contribution in [0.25, 0.3) is 28.0 Å². The molecule has 0 saturated carbocycles. The number of fused-ring (bicyclic) bond motifs is 3. The Hall–Kier alpha value is -4.50. The first-order valence-corrected chi connectivity index (χ1v) is 11.9. The number of aromatic nitrogens is 3. The quantitative estimate of drug-likeness (QED) is 0.352. The zero-order valence-electron chi connectivity index (χ0n) is 20.7. The zero-order chi connectivity index (χ0) is 25.9. The molecular formula is C28H26N4O5. The van der Waals surface area contributed by atoms with Gasteiger partial charge in [0.1, 0.15) is 11.4 Å². The molecule has 4 aromatic rings. The summed E-state index contributed by atoms with van der Waals surface area (Å²) in [6.07, 6.45) is 3.41. The van der Waals surface area contributed by atoms with E-state index in [1.807, 2.05) is 68.7 Å². The van der Waals surface area contributed by atoms with E-state index in [9.17, 15) is 9.59 Å². The van der Waals surface area contributed by atoms with Gasteiger partial charge >= 0.3 is 11.9 Å². The molecule has 1 atom stereocenters. The zero-order valence-corrected chi connectivity index (χ0v) is 20.7. The standard InChI is InChI=1S/C28H26N4O5/c1-18(16-31(2)3)17-35-21-11-9-20(10-12-21)32-28-25(26(30-32)19-7-5-4-6-8-19)27-22(15-29-28)36-23(33)13-14-24(34)37-27/h4-15,18H,16-17H2,1-3H3/b14-13-. The lowest BCUT2D eigenvalue weighted by Crippen LogP contribution is -2.24. The summed E-state index contributed by atoms with van der Waals surface area (Å²) in [5, 5.41) is 5.29. The molecule has 0 fully saturated rings. The average molecular weight is 499 g/mol. The van der Waals surface area contributed by atoms with Gasteiger partial charge in [-0.25, -0.2) is 19.3 Å². The second kappa shape index (κ2) is 10.2. The fourth-order valence-corrected chi connectivity index (χ4v) is 4.20. The van der Waals surface area contributed by atoms with E-state index in [0.29, 0.717) is 29.3 Å². The van der Waals surface area contributed by atoms with Crippen LogP contribution in [0.3, 0.4) is 0 Å². The SMILES string of the molecule is CC(COc1ccc(-n2nc(-c3ccccc3)c3c4c(cnc32)OC(=O)/C=C\C(=O)O4)cc1)CN(C)C. The van der Waals surface area contributed by atoms with Gasteiger partial charge in [-0.1, -0.05) is 37.3 Å². The third-order valence-corrected chi connectivity index (χ3v) is 5.72. The predicted molar refractivity (Wildman–Crippen MR) is 138 cm³/mol. The minimum atomic E-state index is -0.692. The second-order valence-corrected chi connectivity index (χ2v) is 9.12. The number of carbonyl (C=O) groups is 2. The van der Waals surface area contributed by atoms with Crippen LogP contribution in [0.2, 0.25) is 0 Å². The number of nitrogens with zero attached hydrogens (tertiary/aromatic N) is 4. The summed E-state index contributed by atoms with van der Waals surface area (Å²) in [5.41, 5.74) is 2.50. The minimum Gasteiger partial charge on any atom is -0.493 e. The molecule has 1 unspecified atom stereocenters. The molecule has 0 N–H and O–H groups in total. The molecule has 2 aromatic carbocycles. The Balaban J connectivity index is 1.57. The van der Waals surface area contributed by atoms with Crippen molar-refractivity contribution in [1.82, 2.24) is 19.7 Å². The lowest BCUT2D eigenvalue weighted by molar-refractivity contribution is -0.133. The highest BCUT2D eigenvalue weighted by atomic mass is 16.6. The van der Waals surface area contributed by atoms with Crippen molar-refractivity contribution in [2.45, 2.75) is 6.92 Å². The van der Waals surface area contributed by atoms with Gasteiger partial charge in [-0.15, -0.1) is 0 Å². The Morgan fingerprint density at radius 2 is 1.68 bits per heavy atom. The number of carbonyl (C=O) groups excluding carboxylic acids is 2. The van der Waals surface area contributed by atoms with Gasteiger partial charge in [0.15, 0.2) is 17.1 Å². The van der Waals surface area contributed by atoms with Crippen LogP contribution in [-0.2, 0) is 9.59 Å². The molecule has 9 heteroatoms. The molecule has 0 bridgehead atoms. The Morgan fingerprint density at radius 1 is 0.973 bits per heavy atom. The van der Waals surface area contributed by atoms with Crippen molar-refractivity contribution >= 4 is 23.0 Å². The van der Waals surface area contributed by atoms with Gasteiger partial charge in [0.2, 0.25) is 0 Å². The van der Waals surface area contributed by atoms with E-state index in [0.717, 1.165) is 35.7 Å². The molecule has 0 aliphatic carbocycles. The molecule has 9 nitrogen and oxygen atoms in total. The van der Waals surface area contributed by atoms with Crippen molar-refractivity contribution < 1.29 is 23.8 Å². The Labute approximate surface area is 213 Å².